The van der Waals surface area contributed by atoms with Crippen molar-refractivity contribution in [3.63, 3.8) is 0 Å². The van der Waals surface area contributed by atoms with Crippen LogP contribution >= 0.6 is 0 Å². The number of rotatable bonds is 4. The van der Waals surface area contributed by atoms with Gasteiger partial charge in [0.15, 0.2) is 0 Å². The predicted octanol–water partition coefficient (Wildman–Crippen LogP) is 2.38. The van der Waals surface area contributed by atoms with Gasteiger partial charge in [0.1, 0.15) is 6.04 Å². The summed E-state index contributed by atoms with van der Waals surface area (Å²) in [6.07, 6.45) is 0. The van der Waals surface area contributed by atoms with Crippen LogP contribution in [0.25, 0.3) is 0 Å². The molecular formula is C14H19NO2. The van der Waals surface area contributed by atoms with Gasteiger partial charge in [-0.2, -0.15) is 0 Å². The van der Waals surface area contributed by atoms with Crippen molar-refractivity contribution >= 4 is 5.97 Å². The predicted molar refractivity (Wildman–Crippen MR) is 66.6 cm³/mol. The molecule has 0 radical (unpaired) electrons. The molecule has 0 saturated carbocycles. The zero-order valence-electron chi connectivity index (χ0n) is 10.6. The van der Waals surface area contributed by atoms with Gasteiger partial charge in [0, 0.05) is 12.1 Å². The molecule has 4 atom stereocenters. The zero-order chi connectivity index (χ0) is 12.4. The first-order chi connectivity index (χ1) is 8.16. The first-order valence-corrected chi connectivity index (χ1v) is 6.15. The fraction of sp³-hybridized carbons (Fsp3) is 0.500. The lowest BCUT2D eigenvalue weighted by Gasteiger charge is -2.14. The molecule has 0 aromatic heterocycles. The minimum atomic E-state index is -0.0946. The molecule has 1 unspecified atom stereocenters. The maximum Gasteiger partial charge on any atom is 0.325 e. The SMILES string of the molecule is CCOC(=O)[C@@H]1[C@H](C)N1[C@@H](C)c1ccccc1. The van der Waals surface area contributed by atoms with E-state index >= 15 is 0 Å². The first kappa shape index (κ1) is 12.1. The van der Waals surface area contributed by atoms with Gasteiger partial charge in [-0.05, 0) is 26.3 Å². The van der Waals surface area contributed by atoms with Crippen LogP contribution in [0.5, 0.6) is 0 Å². The van der Waals surface area contributed by atoms with Crippen LogP contribution in [0.4, 0.5) is 0 Å². The van der Waals surface area contributed by atoms with E-state index < -0.39 is 0 Å². The van der Waals surface area contributed by atoms with Crippen molar-refractivity contribution in [2.24, 2.45) is 0 Å². The van der Waals surface area contributed by atoms with Gasteiger partial charge in [-0.15, -0.1) is 0 Å². The Bertz CT molecular complexity index is 390. The molecule has 1 aliphatic heterocycles. The molecular weight excluding hydrogens is 214 g/mol. The van der Waals surface area contributed by atoms with E-state index in [1.54, 1.807) is 0 Å². The molecule has 0 bridgehead atoms. The number of hydrogen-bond acceptors (Lipinski definition) is 3. The molecule has 0 N–H and O–H groups in total. The van der Waals surface area contributed by atoms with Crippen LogP contribution in [0.2, 0.25) is 0 Å². The van der Waals surface area contributed by atoms with Gasteiger partial charge in [-0.25, -0.2) is 0 Å². The van der Waals surface area contributed by atoms with Crippen molar-refractivity contribution in [1.82, 2.24) is 4.90 Å². The smallest absolute Gasteiger partial charge is 0.325 e. The molecule has 17 heavy (non-hydrogen) atoms. The fourth-order valence-corrected chi connectivity index (χ4v) is 2.41. The molecule has 3 nitrogen and oxygen atoms in total. The number of carbonyl (C=O) groups is 1. The summed E-state index contributed by atoms with van der Waals surface area (Å²) in [4.78, 5) is 13.9. The number of nitrogens with zero attached hydrogens (tertiary/aromatic N) is 1. The largest absolute Gasteiger partial charge is 0.465 e. The van der Waals surface area contributed by atoms with Crippen LogP contribution in [0.3, 0.4) is 0 Å². The van der Waals surface area contributed by atoms with Crippen molar-refractivity contribution in [1.29, 1.82) is 0 Å². The molecule has 0 amide bonds. The number of carbonyl (C=O) groups excluding carboxylic acids is 1. The average Bonchev–Trinajstić information content (AvgIpc) is 3.01. The Morgan fingerprint density at radius 3 is 2.65 bits per heavy atom. The number of benzene rings is 1. The molecule has 1 fully saturated rings. The van der Waals surface area contributed by atoms with E-state index in [0.717, 1.165) is 0 Å². The summed E-state index contributed by atoms with van der Waals surface area (Å²) in [5, 5.41) is 0. The van der Waals surface area contributed by atoms with Crippen molar-refractivity contribution in [2.75, 3.05) is 6.61 Å². The minimum absolute atomic E-state index is 0.0647. The zero-order valence-corrected chi connectivity index (χ0v) is 10.6. The number of hydrogen-bond donors (Lipinski definition) is 0. The quantitative estimate of drug-likeness (QED) is 0.590. The summed E-state index contributed by atoms with van der Waals surface area (Å²) in [5.41, 5.74) is 1.24. The average molecular weight is 233 g/mol. The highest BCUT2D eigenvalue weighted by Crippen LogP contribution is 2.38. The van der Waals surface area contributed by atoms with Crippen LogP contribution in [-0.4, -0.2) is 29.6 Å². The molecule has 1 heterocycles. The van der Waals surface area contributed by atoms with Crippen molar-refractivity contribution in [2.45, 2.75) is 38.9 Å². The van der Waals surface area contributed by atoms with E-state index in [9.17, 15) is 4.79 Å². The minimum Gasteiger partial charge on any atom is -0.465 e. The third-order valence-corrected chi connectivity index (χ3v) is 3.42. The lowest BCUT2D eigenvalue weighted by atomic mass is 10.1. The van der Waals surface area contributed by atoms with Crippen LogP contribution in [0.1, 0.15) is 32.4 Å². The maximum atomic E-state index is 11.7. The topological polar surface area (TPSA) is 29.3 Å². The molecule has 0 spiro atoms. The molecule has 92 valence electrons. The van der Waals surface area contributed by atoms with Gasteiger partial charge in [0.25, 0.3) is 0 Å². The van der Waals surface area contributed by atoms with E-state index in [0.29, 0.717) is 6.61 Å². The standard InChI is InChI=1S/C14H19NO2/c1-4-17-14(16)13-11(3)15(13)10(2)12-8-6-5-7-9-12/h5-11,13H,4H2,1-3H3/t10-,11-,13-,15?/m0/s1. The van der Waals surface area contributed by atoms with E-state index in [-0.39, 0.29) is 24.1 Å². The normalized spacial score (nSPS) is 28.5. The summed E-state index contributed by atoms with van der Waals surface area (Å²) in [7, 11) is 0. The molecule has 1 aromatic rings. The second kappa shape index (κ2) is 4.88. The highest BCUT2D eigenvalue weighted by molar-refractivity contribution is 5.80. The van der Waals surface area contributed by atoms with E-state index in [1.165, 1.54) is 5.56 Å². The Labute approximate surface area is 102 Å². The molecule has 1 saturated heterocycles. The van der Waals surface area contributed by atoms with Crippen molar-refractivity contribution < 1.29 is 9.53 Å². The van der Waals surface area contributed by atoms with Crippen molar-refractivity contribution in [3.8, 4) is 0 Å². The van der Waals surface area contributed by atoms with Crippen LogP contribution in [0, 0.1) is 0 Å². The summed E-state index contributed by atoms with van der Waals surface area (Å²) >= 11 is 0. The van der Waals surface area contributed by atoms with Crippen LogP contribution < -0.4 is 0 Å². The van der Waals surface area contributed by atoms with Gasteiger partial charge in [0.05, 0.1) is 6.61 Å². The lowest BCUT2D eigenvalue weighted by Crippen LogP contribution is -2.18. The van der Waals surface area contributed by atoms with Crippen molar-refractivity contribution in [3.05, 3.63) is 35.9 Å². The van der Waals surface area contributed by atoms with E-state index in [4.69, 9.17) is 4.74 Å². The Morgan fingerprint density at radius 1 is 1.41 bits per heavy atom. The highest BCUT2D eigenvalue weighted by atomic mass is 16.5. The fourth-order valence-electron chi connectivity index (χ4n) is 2.41. The molecule has 0 aliphatic carbocycles. The second-order valence-electron chi connectivity index (χ2n) is 4.47. The van der Waals surface area contributed by atoms with Crippen LogP contribution in [-0.2, 0) is 9.53 Å². The lowest BCUT2D eigenvalue weighted by molar-refractivity contribution is -0.143. The summed E-state index contributed by atoms with van der Waals surface area (Å²) in [5.74, 6) is -0.0946. The monoisotopic (exact) mass is 233 g/mol. The molecule has 1 aromatic carbocycles. The number of ether oxygens (including phenoxy) is 1. The van der Waals surface area contributed by atoms with E-state index in [2.05, 4.69) is 30.9 Å². The third kappa shape index (κ3) is 2.34. The summed E-state index contributed by atoms with van der Waals surface area (Å²) in [6.45, 7) is 6.50. The Kier molecular flexibility index (Phi) is 3.48. The van der Waals surface area contributed by atoms with Crippen LogP contribution in [0.15, 0.2) is 30.3 Å². The second-order valence-corrected chi connectivity index (χ2v) is 4.47. The third-order valence-electron chi connectivity index (χ3n) is 3.42. The molecule has 2 rings (SSSR count). The van der Waals surface area contributed by atoms with Gasteiger partial charge in [0.2, 0.25) is 0 Å². The molecule has 3 heteroatoms. The Morgan fingerprint density at radius 2 is 2.06 bits per heavy atom. The summed E-state index contributed by atoms with van der Waals surface area (Å²) < 4.78 is 5.07. The van der Waals surface area contributed by atoms with Gasteiger partial charge >= 0.3 is 5.97 Å². The van der Waals surface area contributed by atoms with Gasteiger partial charge in [-0.3, -0.25) is 9.69 Å². The maximum absolute atomic E-state index is 11.7. The summed E-state index contributed by atoms with van der Waals surface area (Å²) in [6, 6.07) is 10.7. The number of esters is 1. The Hall–Kier alpha value is -1.35. The highest BCUT2D eigenvalue weighted by Gasteiger charge is 2.52. The van der Waals surface area contributed by atoms with Gasteiger partial charge in [-0.1, -0.05) is 30.3 Å². The first-order valence-electron chi connectivity index (χ1n) is 6.15. The van der Waals surface area contributed by atoms with E-state index in [1.807, 2.05) is 25.1 Å². The Balaban J connectivity index is 2.03. The van der Waals surface area contributed by atoms with Gasteiger partial charge < -0.3 is 4.74 Å². The molecule has 1 aliphatic rings.